The zero-order valence-corrected chi connectivity index (χ0v) is 9.01. The number of rotatable bonds is 5. The molecule has 1 unspecified atom stereocenters. The monoisotopic (exact) mass is 222 g/mol. The zero-order valence-electron chi connectivity index (χ0n) is 9.01. The van der Waals surface area contributed by atoms with Crippen molar-refractivity contribution in [2.75, 3.05) is 0 Å². The van der Waals surface area contributed by atoms with Gasteiger partial charge in [-0.2, -0.15) is 0 Å². The average molecular weight is 222 g/mol. The van der Waals surface area contributed by atoms with Gasteiger partial charge in [0.25, 0.3) is 0 Å². The van der Waals surface area contributed by atoms with E-state index in [0.29, 0.717) is 6.54 Å². The summed E-state index contributed by atoms with van der Waals surface area (Å²) in [6.45, 7) is 1.88. The van der Waals surface area contributed by atoms with Gasteiger partial charge in [-0.15, -0.1) is 0 Å². The first-order valence-corrected chi connectivity index (χ1v) is 4.98. The fraction of sp³-hybridized carbons (Fsp3) is 0.364. The Labute approximate surface area is 93.5 Å². The van der Waals surface area contributed by atoms with Crippen LogP contribution >= 0.6 is 0 Å². The van der Waals surface area contributed by atoms with Gasteiger partial charge in [0.15, 0.2) is 0 Å². The SMILES string of the molecule is CC(CC(=O)NCc1cccnc1)C(=O)O. The Morgan fingerprint density at radius 2 is 2.31 bits per heavy atom. The third-order valence-electron chi connectivity index (χ3n) is 2.13. The summed E-state index contributed by atoms with van der Waals surface area (Å²) in [5.41, 5.74) is 0.888. The number of pyridine rings is 1. The van der Waals surface area contributed by atoms with Crippen LogP contribution in [0.2, 0.25) is 0 Å². The van der Waals surface area contributed by atoms with Crippen molar-refractivity contribution in [1.29, 1.82) is 0 Å². The highest BCUT2D eigenvalue weighted by Crippen LogP contribution is 2.02. The van der Waals surface area contributed by atoms with E-state index in [1.807, 2.05) is 6.07 Å². The number of aromatic nitrogens is 1. The number of hydrogen-bond acceptors (Lipinski definition) is 3. The molecule has 5 heteroatoms. The third kappa shape index (κ3) is 4.08. The standard InChI is InChI=1S/C11H14N2O3/c1-8(11(15)16)5-10(14)13-7-9-3-2-4-12-6-9/h2-4,6,8H,5,7H2,1H3,(H,13,14)(H,15,16). The summed E-state index contributed by atoms with van der Waals surface area (Å²) in [7, 11) is 0. The molecule has 1 heterocycles. The molecule has 0 saturated heterocycles. The molecule has 0 bridgehead atoms. The topological polar surface area (TPSA) is 79.3 Å². The maximum absolute atomic E-state index is 11.3. The van der Waals surface area contributed by atoms with Crippen molar-refractivity contribution in [2.45, 2.75) is 19.9 Å². The summed E-state index contributed by atoms with van der Waals surface area (Å²) in [6.07, 6.45) is 3.30. The molecular weight excluding hydrogens is 208 g/mol. The lowest BCUT2D eigenvalue weighted by Gasteiger charge is -2.07. The molecule has 86 valence electrons. The van der Waals surface area contributed by atoms with E-state index in [0.717, 1.165) is 5.56 Å². The fourth-order valence-corrected chi connectivity index (χ4v) is 1.14. The Morgan fingerprint density at radius 1 is 1.56 bits per heavy atom. The van der Waals surface area contributed by atoms with Crippen LogP contribution in [0.1, 0.15) is 18.9 Å². The van der Waals surface area contributed by atoms with E-state index in [-0.39, 0.29) is 12.3 Å². The van der Waals surface area contributed by atoms with Gasteiger partial charge < -0.3 is 10.4 Å². The smallest absolute Gasteiger partial charge is 0.306 e. The van der Waals surface area contributed by atoms with Crippen molar-refractivity contribution in [3.05, 3.63) is 30.1 Å². The maximum Gasteiger partial charge on any atom is 0.306 e. The predicted molar refractivity (Wildman–Crippen MR) is 57.5 cm³/mol. The van der Waals surface area contributed by atoms with Gasteiger partial charge in [0.2, 0.25) is 5.91 Å². The highest BCUT2D eigenvalue weighted by atomic mass is 16.4. The molecule has 5 nitrogen and oxygen atoms in total. The molecule has 0 aromatic carbocycles. The normalized spacial score (nSPS) is 11.8. The lowest BCUT2D eigenvalue weighted by molar-refractivity contribution is -0.143. The van der Waals surface area contributed by atoms with E-state index < -0.39 is 11.9 Å². The first kappa shape index (κ1) is 12.2. The lowest BCUT2D eigenvalue weighted by Crippen LogP contribution is -2.26. The number of nitrogens with one attached hydrogen (secondary N) is 1. The minimum Gasteiger partial charge on any atom is -0.481 e. The Morgan fingerprint density at radius 3 is 2.88 bits per heavy atom. The van der Waals surface area contributed by atoms with Crippen LogP contribution in [0.15, 0.2) is 24.5 Å². The number of aliphatic carboxylic acids is 1. The summed E-state index contributed by atoms with van der Waals surface area (Å²) in [5, 5.41) is 11.3. The zero-order chi connectivity index (χ0) is 12.0. The minimum atomic E-state index is -0.962. The molecule has 0 aliphatic carbocycles. The molecule has 0 spiro atoms. The molecule has 1 aromatic rings. The van der Waals surface area contributed by atoms with Crippen molar-refractivity contribution in [1.82, 2.24) is 10.3 Å². The van der Waals surface area contributed by atoms with Gasteiger partial charge in [-0.05, 0) is 11.6 Å². The molecule has 1 atom stereocenters. The van der Waals surface area contributed by atoms with Gasteiger partial charge >= 0.3 is 5.97 Å². The number of carboxylic acids is 1. The summed E-state index contributed by atoms with van der Waals surface area (Å²) < 4.78 is 0. The van der Waals surface area contributed by atoms with Crippen LogP contribution in [-0.4, -0.2) is 22.0 Å². The molecule has 1 rings (SSSR count). The van der Waals surface area contributed by atoms with Crippen LogP contribution in [-0.2, 0) is 16.1 Å². The maximum atomic E-state index is 11.3. The number of amides is 1. The second kappa shape index (κ2) is 5.85. The molecule has 0 aliphatic heterocycles. The summed E-state index contributed by atoms with van der Waals surface area (Å²) in [6, 6.07) is 3.62. The Bertz CT molecular complexity index is 365. The summed E-state index contributed by atoms with van der Waals surface area (Å²) in [5.74, 6) is -1.89. The van der Waals surface area contributed by atoms with E-state index in [4.69, 9.17) is 5.11 Å². The molecular formula is C11H14N2O3. The van der Waals surface area contributed by atoms with Crippen molar-refractivity contribution in [2.24, 2.45) is 5.92 Å². The van der Waals surface area contributed by atoms with Gasteiger partial charge in [-0.3, -0.25) is 14.6 Å². The molecule has 16 heavy (non-hydrogen) atoms. The highest BCUT2D eigenvalue weighted by Gasteiger charge is 2.15. The number of carbonyl (C=O) groups excluding carboxylic acids is 1. The second-order valence-electron chi connectivity index (χ2n) is 3.58. The number of carbonyl (C=O) groups is 2. The molecule has 0 aliphatic rings. The predicted octanol–water partition coefficient (Wildman–Crippen LogP) is 0.809. The molecule has 1 aromatic heterocycles. The minimum absolute atomic E-state index is 0.00437. The van der Waals surface area contributed by atoms with Crippen LogP contribution in [0.3, 0.4) is 0 Å². The van der Waals surface area contributed by atoms with Crippen LogP contribution < -0.4 is 5.32 Å². The first-order valence-electron chi connectivity index (χ1n) is 4.98. The highest BCUT2D eigenvalue weighted by molar-refractivity contribution is 5.81. The van der Waals surface area contributed by atoms with E-state index in [9.17, 15) is 9.59 Å². The molecule has 0 saturated carbocycles. The number of carboxylic acid groups (broad SMARTS) is 1. The van der Waals surface area contributed by atoms with E-state index >= 15 is 0 Å². The number of hydrogen-bond donors (Lipinski definition) is 2. The van der Waals surface area contributed by atoms with Gasteiger partial charge in [-0.1, -0.05) is 13.0 Å². The largest absolute Gasteiger partial charge is 0.481 e. The van der Waals surface area contributed by atoms with Crippen molar-refractivity contribution in [3.8, 4) is 0 Å². The Balaban J connectivity index is 2.33. The van der Waals surface area contributed by atoms with E-state index in [1.54, 1.807) is 18.5 Å². The van der Waals surface area contributed by atoms with Gasteiger partial charge in [0.05, 0.1) is 5.92 Å². The summed E-state index contributed by atoms with van der Waals surface area (Å²) >= 11 is 0. The van der Waals surface area contributed by atoms with E-state index in [1.165, 1.54) is 6.92 Å². The molecule has 0 radical (unpaired) electrons. The van der Waals surface area contributed by atoms with E-state index in [2.05, 4.69) is 10.3 Å². The Kier molecular flexibility index (Phi) is 4.44. The quantitative estimate of drug-likeness (QED) is 0.772. The third-order valence-corrected chi connectivity index (χ3v) is 2.13. The van der Waals surface area contributed by atoms with Crippen LogP contribution in [0.4, 0.5) is 0 Å². The average Bonchev–Trinajstić information content (AvgIpc) is 2.27. The van der Waals surface area contributed by atoms with Crippen LogP contribution in [0.25, 0.3) is 0 Å². The van der Waals surface area contributed by atoms with Gasteiger partial charge in [-0.25, -0.2) is 0 Å². The van der Waals surface area contributed by atoms with Gasteiger partial charge in [0, 0.05) is 25.4 Å². The molecule has 0 fully saturated rings. The summed E-state index contributed by atoms with van der Waals surface area (Å²) in [4.78, 5) is 25.8. The fourth-order valence-electron chi connectivity index (χ4n) is 1.14. The van der Waals surface area contributed by atoms with Crippen molar-refractivity contribution >= 4 is 11.9 Å². The van der Waals surface area contributed by atoms with Crippen LogP contribution in [0.5, 0.6) is 0 Å². The Hall–Kier alpha value is -1.91. The van der Waals surface area contributed by atoms with Gasteiger partial charge in [0.1, 0.15) is 0 Å². The number of nitrogens with zero attached hydrogens (tertiary/aromatic N) is 1. The lowest BCUT2D eigenvalue weighted by atomic mass is 10.1. The molecule has 2 N–H and O–H groups in total. The van der Waals surface area contributed by atoms with Crippen molar-refractivity contribution in [3.63, 3.8) is 0 Å². The van der Waals surface area contributed by atoms with Crippen LogP contribution in [0, 0.1) is 5.92 Å². The second-order valence-corrected chi connectivity index (χ2v) is 3.58. The first-order chi connectivity index (χ1) is 7.59. The molecule has 1 amide bonds. The van der Waals surface area contributed by atoms with Crippen molar-refractivity contribution < 1.29 is 14.7 Å².